The third-order valence-corrected chi connectivity index (χ3v) is 5.99. The fourth-order valence-corrected chi connectivity index (χ4v) is 4.37. The van der Waals surface area contributed by atoms with E-state index in [1.54, 1.807) is 6.07 Å². The molecule has 1 N–H and O–H groups in total. The minimum Gasteiger partial charge on any atom is -0.368 e. The van der Waals surface area contributed by atoms with Gasteiger partial charge in [0.1, 0.15) is 0 Å². The summed E-state index contributed by atoms with van der Waals surface area (Å²) in [6.07, 6.45) is 2.64. The predicted octanol–water partition coefficient (Wildman–Crippen LogP) is 4.95. The van der Waals surface area contributed by atoms with Gasteiger partial charge in [-0.3, -0.25) is 9.84 Å². The Bertz CT molecular complexity index is 1130. The van der Waals surface area contributed by atoms with Crippen LogP contribution in [0.5, 0.6) is 5.75 Å². The van der Waals surface area contributed by atoms with E-state index in [0.717, 1.165) is 55.6 Å². The second kappa shape index (κ2) is 7.76. The molecule has 5 rings (SSSR count). The van der Waals surface area contributed by atoms with Gasteiger partial charge in [0.15, 0.2) is 5.75 Å². The van der Waals surface area contributed by atoms with E-state index in [4.69, 9.17) is 0 Å². The number of fused-ring (bicyclic) bond motifs is 2. The highest BCUT2D eigenvalue weighted by atomic mass is 19.3. The first-order chi connectivity index (χ1) is 14.3. The average molecular weight is 389 g/mol. The van der Waals surface area contributed by atoms with E-state index in [-0.39, 0.29) is 0 Å². The van der Waals surface area contributed by atoms with Gasteiger partial charge in [-0.1, -0.05) is 36.4 Å². The van der Waals surface area contributed by atoms with Gasteiger partial charge in [0.2, 0.25) is 0 Å². The van der Waals surface area contributed by atoms with E-state index in [1.165, 1.54) is 16.5 Å². The van der Waals surface area contributed by atoms with Crippen molar-refractivity contribution >= 4 is 27.4 Å². The molecule has 1 saturated heterocycles. The van der Waals surface area contributed by atoms with Gasteiger partial charge in [0.25, 0.3) is 0 Å². The first-order valence-corrected chi connectivity index (χ1v) is 10.2. The molecule has 1 aliphatic rings. The van der Waals surface area contributed by atoms with Crippen LogP contribution in [0.3, 0.4) is 0 Å². The van der Waals surface area contributed by atoms with Crippen LogP contribution in [0.2, 0.25) is 0 Å². The number of hydrogen-bond acceptors (Lipinski definition) is 3. The third-order valence-electron chi connectivity index (χ3n) is 5.99. The lowest BCUT2D eigenvalue weighted by Crippen LogP contribution is -2.47. The summed E-state index contributed by atoms with van der Waals surface area (Å²) in [6.45, 7) is 4.90. The van der Waals surface area contributed by atoms with Crippen molar-refractivity contribution in [3.8, 4) is 5.75 Å². The molecule has 148 valence electrons. The predicted molar refractivity (Wildman–Crippen MR) is 116 cm³/mol. The highest BCUT2D eigenvalue weighted by Crippen LogP contribution is 2.29. The van der Waals surface area contributed by atoms with Gasteiger partial charge in [-0.15, -0.1) is 0 Å². The molecule has 1 aromatic heterocycles. The Labute approximate surface area is 169 Å². The van der Waals surface area contributed by atoms with Crippen molar-refractivity contribution in [2.45, 2.75) is 6.42 Å². The van der Waals surface area contributed by atoms with Crippen molar-refractivity contribution in [2.75, 3.05) is 37.6 Å². The molecule has 0 aliphatic carbocycles. The lowest BCUT2D eigenvalue weighted by molar-refractivity contribution is -0.00728. The number of piperazine rings is 1. The quantitative estimate of drug-likeness (QED) is 0.524. The van der Waals surface area contributed by atoms with E-state index >= 15 is 0 Å². The summed E-state index contributed by atoms with van der Waals surface area (Å²) in [7, 11) is 0. The largest absolute Gasteiger partial charge is 0.368 e. The molecule has 0 bridgehead atoms. The lowest BCUT2D eigenvalue weighted by atomic mass is 10.1. The second-order valence-electron chi connectivity index (χ2n) is 7.68. The number of H-pyrrole nitrogens is 1. The first-order valence-electron chi connectivity index (χ1n) is 10.2. The van der Waals surface area contributed by atoms with E-state index in [2.05, 4.69) is 62.2 Å². The van der Waals surface area contributed by atoms with E-state index in [0.29, 0.717) is 5.75 Å². The topological polar surface area (TPSA) is 31.5 Å². The summed E-state index contributed by atoms with van der Waals surface area (Å²) in [5.41, 5.74) is 3.12. The zero-order chi connectivity index (χ0) is 19.6. The molecule has 5 heteroatoms. The Kier molecular flexibility index (Phi) is 4.82. The van der Waals surface area contributed by atoms with Crippen LogP contribution in [0.25, 0.3) is 21.7 Å². The number of rotatable bonds is 5. The van der Waals surface area contributed by atoms with Crippen LogP contribution in [0.1, 0.15) is 5.56 Å². The van der Waals surface area contributed by atoms with Crippen LogP contribution in [0.4, 0.5) is 10.2 Å². The maximum atomic E-state index is 13.0. The van der Waals surface area contributed by atoms with E-state index < -0.39 is 0 Å². The van der Waals surface area contributed by atoms with Crippen LogP contribution in [0, 0.1) is 0 Å². The molecular formula is C24H24FN3O. The second-order valence-corrected chi connectivity index (χ2v) is 7.68. The smallest absolute Gasteiger partial charge is 0.177 e. The van der Waals surface area contributed by atoms with Gasteiger partial charge in [-0.25, -0.2) is 0 Å². The number of hydrogen-bond donors (Lipinski definition) is 1. The summed E-state index contributed by atoms with van der Waals surface area (Å²) < 4.78 is 13.0. The summed E-state index contributed by atoms with van der Waals surface area (Å²) in [4.78, 5) is 12.2. The minimum absolute atomic E-state index is 0.314. The third kappa shape index (κ3) is 3.54. The first kappa shape index (κ1) is 18.0. The molecule has 0 atom stereocenters. The number of nitrogens with zero attached hydrogens (tertiary/aromatic N) is 2. The number of aromatic nitrogens is 1. The Morgan fingerprint density at radius 3 is 2.59 bits per heavy atom. The molecule has 29 heavy (non-hydrogen) atoms. The van der Waals surface area contributed by atoms with Crippen molar-refractivity contribution in [3.63, 3.8) is 0 Å². The Morgan fingerprint density at radius 2 is 1.72 bits per heavy atom. The van der Waals surface area contributed by atoms with Gasteiger partial charge >= 0.3 is 0 Å². The highest BCUT2D eigenvalue weighted by molar-refractivity contribution is 5.94. The van der Waals surface area contributed by atoms with Crippen LogP contribution in [-0.4, -0.2) is 42.6 Å². The van der Waals surface area contributed by atoms with Gasteiger partial charge in [0, 0.05) is 71.7 Å². The van der Waals surface area contributed by atoms with Crippen LogP contribution >= 0.6 is 0 Å². The van der Waals surface area contributed by atoms with Gasteiger partial charge < -0.3 is 9.88 Å². The highest BCUT2D eigenvalue weighted by Gasteiger charge is 2.19. The molecule has 0 spiro atoms. The molecule has 4 aromatic rings. The molecule has 0 amide bonds. The molecular weight excluding hydrogens is 365 g/mol. The van der Waals surface area contributed by atoms with Crippen molar-refractivity contribution < 1.29 is 9.47 Å². The Morgan fingerprint density at radius 1 is 0.897 bits per heavy atom. The maximum Gasteiger partial charge on any atom is 0.177 e. The molecule has 1 fully saturated rings. The molecule has 1 aliphatic heterocycles. The van der Waals surface area contributed by atoms with E-state index in [1.807, 2.05) is 18.3 Å². The SMILES string of the molecule is FOc1cc2[nH]ccc2cc1CCN1CCN(c2cccc3ccccc23)CC1. The van der Waals surface area contributed by atoms with Crippen molar-refractivity contribution in [1.82, 2.24) is 9.88 Å². The fourth-order valence-electron chi connectivity index (χ4n) is 4.37. The standard InChI is InChI=1S/C24H24FN3O/c25-29-24-17-22-19(8-10-26-22)16-20(24)9-11-27-12-14-28(15-13-27)23-7-3-5-18-4-1-2-6-21(18)23/h1-8,10,16-17,26H,9,11-15H2. The Hall–Kier alpha value is -3.05. The maximum absolute atomic E-state index is 13.0. The molecule has 0 radical (unpaired) electrons. The lowest BCUT2D eigenvalue weighted by Gasteiger charge is -2.36. The van der Waals surface area contributed by atoms with E-state index in [9.17, 15) is 4.53 Å². The zero-order valence-corrected chi connectivity index (χ0v) is 16.3. The van der Waals surface area contributed by atoms with Crippen LogP contribution < -0.4 is 9.84 Å². The number of benzene rings is 3. The summed E-state index contributed by atoms with van der Waals surface area (Å²) in [5.74, 6) is 0.314. The fraction of sp³-hybridized carbons (Fsp3) is 0.250. The minimum atomic E-state index is 0.314. The van der Waals surface area contributed by atoms with Gasteiger partial charge in [0.05, 0.1) is 0 Å². The summed E-state index contributed by atoms with van der Waals surface area (Å²) in [6, 6.07) is 20.8. The normalized spacial score (nSPS) is 15.3. The molecule has 0 saturated carbocycles. The summed E-state index contributed by atoms with van der Waals surface area (Å²) >= 11 is 0. The molecule has 3 aromatic carbocycles. The molecule has 2 heterocycles. The van der Waals surface area contributed by atoms with Crippen molar-refractivity contribution in [2.24, 2.45) is 0 Å². The zero-order valence-electron chi connectivity index (χ0n) is 16.3. The molecule has 4 nitrogen and oxygen atoms in total. The monoisotopic (exact) mass is 389 g/mol. The van der Waals surface area contributed by atoms with Gasteiger partial charge in [-0.2, -0.15) is 0 Å². The average Bonchev–Trinajstić information content (AvgIpc) is 3.24. The number of nitrogens with one attached hydrogen (secondary N) is 1. The van der Waals surface area contributed by atoms with Gasteiger partial charge in [-0.05, 0) is 35.4 Å². The van der Waals surface area contributed by atoms with Crippen LogP contribution in [0.15, 0.2) is 66.9 Å². The van der Waals surface area contributed by atoms with Crippen LogP contribution in [-0.2, 0) is 6.42 Å². The number of halogens is 1. The van der Waals surface area contributed by atoms with Crippen molar-refractivity contribution in [1.29, 1.82) is 0 Å². The molecule has 0 unspecified atom stereocenters. The number of aromatic amines is 1. The Balaban J connectivity index is 1.25. The van der Waals surface area contributed by atoms with Crippen molar-refractivity contribution in [3.05, 3.63) is 72.4 Å². The number of anilines is 1. The summed E-state index contributed by atoms with van der Waals surface area (Å²) in [5, 5.41) is 3.68.